The van der Waals surface area contributed by atoms with Crippen LogP contribution in [0.4, 0.5) is 5.13 Å². The Morgan fingerprint density at radius 2 is 1.94 bits per heavy atom. The fourth-order valence-corrected chi connectivity index (χ4v) is 4.86. The summed E-state index contributed by atoms with van der Waals surface area (Å²) in [6.07, 6.45) is 3.68. The van der Waals surface area contributed by atoms with Crippen molar-refractivity contribution >= 4 is 33.4 Å². The lowest BCUT2D eigenvalue weighted by Gasteiger charge is -2.10. The third-order valence-corrected chi connectivity index (χ3v) is 6.61. The second-order valence-electron chi connectivity index (χ2n) is 8.22. The lowest BCUT2D eigenvalue weighted by molar-refractivity contribution is 0.102. The van der Waals surface area contributed by atoms with Crippen LogP contribution < -0.4 is 5.32 Å². The number of nitrogens with one attached hydrogen (secondary N) is 1. The van der Waals surface area contributed by atoms with Crippen LogP contribution in [-0.4, -0.2) is 30.9 Å². The monoisotopic (exact) mass is 452 g/mol. The van der Waals surface area contributed by atoms with Crippen molar-refractivity contribution in [2.24, 2.45) is 0 Å². The van der Waals surface area contributed by atoms with Crippen LogP contribution in [0.25, 0.3) is 22.3 Å². The van der Waals surface area contributed by atoms with E-state index in [-0.39, 0.29) is 11.9 Å². The molecule has 8 nitrogen and oxygen atoms in total. The maximum absolute atomic E-state index is 13.3. The van der Waals surface area contributed by atoms with Gasteiger partial charge < -0.3 is 4.42 Å². The highest BCUT2D eigenvalue weighted by Crippen LogP contribution is 2.32. The molecule has 0 radical (unpaired) electrons. The summed E-state index contributed by atoms with van der Waals surface area (Å²) < 4.78 is 7.53. The molecule has 1 amide bonds. The first-order valence-electron chi connectivity index (χ1n) is 10.9. The van der Waals surface area contributed by atoms with Crippen molar-refractivity contribution in [1.82, 2.24) is 25.0 Å². The van der Waals surface area contributed by atoms with E-state index in [1.165, 1.54) is 11.3 Å². The molecule has 32 heavy (non-hydrogen) atoms. The van der Waals surface area contributed by atoms with Gasteiger partial charge in [0.2, 0.25) is 5.13 Å². The zero-order valence-corrected chi connectivity index (χ0v) is 20.1. The Kier molecular flexibility index (Phi) is 6.10. The quantitative estimate of drug-likeness (QED) is 0.375. The van der Waals surface area contributed by atoms with Crippen LogP contribution in [0.1, 0.15) is 79.4 Å². The van der Waals surface area contributed by atoms with E-state index in [0.29, 0.717) is 33.3 Å². The van der Waals surface area contributed by atoms with E-state index in [0.717, 1.165) is 34.9 Å². The second-order valence-corrected chi connectivity index (χ2v) is 9.22. The van der Waals surface area contributed by atoms with Gasteiger partial charge >= 0.3 is 0 Å². The smallest absolute Gasteiger partial charge is 0.258 e. The molecule has 4 aromatic heterocycles. The molecule has 4 heterocycles. The summed E-state index contributed by atoms with van der Waals surface area (Å²) in [5.41, 5.74) is 2.70. The maximum Gasteiger partial charge on any atom is 0.258 e. The number of fused-ring (bicyclic) bond motifs is 1. The molecule has 0 saturated heterocycles. The first-order valence-corrected chi connectivity index (χ1v) is 11.7. The standard InChI is InChI=1S/C23H28N6O2S/c1-7-15(8-2)22-27-28-23(32-22)26-21(30)17-10-19(16-9-13(5)31-14(16)6)25-20-18(17)11-24-29(20)12(3)4/h9-12,15H,7-8H2,1-6H3,(H,26,28,30). The third-order valence-electron chi connectivity index (χ3n) is 5.61. The zero-order valence-electron chi connectivity index (χ0n) is 19.3. The lowest BCUT2D eigenvalue weighted by atomic mass is 10.1. The normalized spacial score (nSPS) is 11.8. The van der Waals surface area contributed by atoms with Crippen LogP contribution in [0.5, 0.6) is 0 Å². The van der Waals surface area contributed by atoms with E-state index in [9.17, 15) is 4.79 Å². The van der Waals surface area contributed by atoms with Crippen molar-refractivity contribution in [2.45, 2.75) is 66.3 Å². The topological polar surface area (TPSA) is 98.7 Å². The molecule has 0 spiro atoms. The molecule has 0 atom stereocenters. The number of furan rings is 1. The van der Waals surface area contributed by atoms with Gasteiger partial charge in [-0.25, -0.2) is 9.67 Å². The van der Waals surface area contributed by atoms with Crippen LogP contribution in [-0.2, 0) is 0 Å². The van der Waals surface area contributed by atoms with Crippen molar-refractivity contribution in [3.8, 4) is 11.3 Å². The van der Waals surface area contributed by atoms with Crippen LogP contribution in [0.15, 0.2) is 22.7 Å². The Hall–Kier alpha value is -3.07. The molecule has 0 aliphatic carbocycles. The molecule has 9 heteroatoms. The summed E-state index contributed by atoms with van der Waals surface area (Å²) >= 11 is 1.43. The average molecular weight is 453 g/mol. The number of amides is 1. The summed E-state index contributed by atoms with van der Waals surface area (Å²) in [5, 5.41) is 18.0. The molecule has 4 aromatic rings. The van der Waals surface area contributed by atoms with Gasteiger partial charge in [-0.1, -0.05) is 25.2 Å². The molecule has 0 bridgehead atoms. The Morgan fingerprint density at radius 3 is 2.56 bits per heavy atom. The van der Waals surface area contributed by atoms with Gasteiger partial charge in [0.05, 0.1) is 22.8 Å². The number of carbonyl (C=O) groups excluding carboxylic acids is 1. The van der Waals surface area contributed by atoms with Gasteiger partial charge in [-0.15, -0.1) is 10.2 Å². The van der Waals surface area contributed by atoms with Gasteiger partial charge in [0.1, 0.15) is 16.5 Å². The number of hydrogen-bond acceptors (Lipinski definition) is 7. The summed E-state index contributed by atoms with van der Waals surface area (Å²) in [6, 6.07) is 3.84. The van der Waals surface area contributed by atoms with E-state index >= 15 is 0 Å². The van der Waals surface area contributed by atoms with Crippen LogP contribution >= 0.6 is 11.3 Å². The fourth-order valence-electron chi connectivity index (χ4n) is 3.86. The van der Waals surface area contributed by atoms with Gasteiger partial charge in [-0.3, -0.25) is 10.1 Å². The van der Waals surface area contributed by atoms with E-state index in [4.69, 9.17) is 9.40 Å². The number of nitrogens with zero attached hydrogens (tertiary/aromatic N) is 5. The molecule has 0 unspecified atom stereocenters. The number of aromatic nitrogens is 5. The van der Waals surface area contributed by atoms with Gasteiger partial charge in [0.15, 0.2) is 5.65 Å². The van der Waals surface area contributed by atoms with Crippen molar-refractivity contribution in [2.75, 3.05) is 5.32 Å². The van der Waals surface area contributed by atoms with E-state index < -0.39 is 0 Å². The molecule has 0 saturated carbocycles. The first kappa shape index (κ1) is 22.1. The highest BCUT2D eigenvalue weighted by molar-refractivity contribution is 7.15. The Morgan fingerprint density at radius 1 is 1.19 bits per heavy atom. The van der Waals surface area contributed by atoms with Crippen LogP contribution in [0.2, 0.25) is 0 Å². The van der Waals surface area contributed by atoms with Crippen LogP contribution in [0, 0.1) is 13.8 Å². The molecule has 4 rings (SSSR count). The van der Waals surface area contributed by atoms with Gasteiger partial charge in [0, 0.05) is 17.5 Å². The molecule has 0 fully saturated rings. The number of carbonyl (C=O) groups is 1. The Labute approximate surface area is 191 Å². The maximum atomic E-state index is 13.3. The largest absolute Gasteiger partial charge is 0.466 e. The first-order chi connectivity index (χ1) is 15.3. The van der Waals surface area contributed by atoms with E-state index in [1.54, 1.807) is 12.3 Å². The second kappa shape index (κ2) is 8.82. The minimum atomic E-state index is -0.257. The van der Waals surface area contributed by atoms with Crippen LogP contribution in [0.3, 0.4) is 0 Å². The number of hydrogen-bond donors (Lipinski definition) is 1. The van der Waals surface area contributed by atoms with Crippen molar-refractivity contribution < 1.29 is 9.21 Å². The third kappa shape index (κ3) is 4.04. The molecule has 0 aromatic carbocycles. The van der Waals surface area contributed by atoms with Crippen molar-refractivity contribution in [3.63, 3.8) is 0 Å². The molecule has 0 aliphatic rings. The average Bonchev–Trinajstić information content (AvgIpc) is 3.46. The van der Waals surface area contributed by atoms with E-state index in [1.807, 2.05) is 38.4 Å². The highest BCUT2D eigenvalue weighted by atomic mass is 32.1. The van der Waals surface area contributed by atoms with Gasteiger partial charge in [0.25, 0.3) is 5.91 Å². The highest BCUT2D eigenvalue weighted by Gasteiger charge is 2.22. The molecule has 168 valence electrons. The Balaban J connectivity index is 1.77. The van der Waals surface area contributed by atoms with Gasteiger partial charge in [-0.05, 0) is 52.7 Å². The minimum absolute atomic E-state index is 0.101. The molecule has 0 aliphatic heterocycles. The zero-order chi connectivity index (χ0) is 23.0. The number of aryl methyl sites for hydroxylation is 2. The number of anilines is 1. The SMILES string of the molecule is CCC(CC)c1nnc(NC(=O)c2cc(-c3cc(C)oc3C)nc3c2cnn3C(C)C)s1. The summed E-state index contributed by atoms with van der Waals surface area (Å²) in [4.78, 5) is 18.2. The minimum Gasteiger partial charge on any atom is -0.466 e. The lowest BCUT2D eigenvalue weighted by Crippen LogP contribution is -2.13. The van der Waals surface area contributed by atoms with Gasteiger partial charge in [-0.2, -0.15) is 5.10 Å². The van der Waals surface area contributed by atoms with Crippen molar-refractivity contribution in [1.29, 1.82) is 0 Å². The summed E-state index contributed by atoms with van der Waals surface area (Å²) in [6.45, 7) is 12.1. The fraction of sp³-hybridized carbons (Fsp3) is 0.435. The number of pyridine rings is 1. The summed E-state index contributed by atoms with van der Waals surface area (Å²) in [7, 11) is 0. The summed E-state index contributed by atoms with van der Waals surface area (Å²) in [5.74, 6) is 1.65. The molecular formula is C23H28N6O2S. The van der Waals surface area contributed by atoms with E-state index in [2.05, 4.69) is 34.5 Å². The van der Waals surface area contributed by atoms with Crippen molar-refractivity contribution in [3.05, 3.63) is 40.4 Å². The molecular weight excluding hydrogens is 424 g/mol. The predicted octanol–water partition coefficient (Wildman–Crippen LogP) is 5.90. The molecule has 1 N–H and O–H groups in total. The number of rotatable bonds is 7. The Bertz CT molecular complexity index is 1260. The predicted molar refractivity (Wildman–Crippen MR) is 126 cm³/mol.